The molecule has 3 rings (SSSR count). The topological polar surface area (TPSA) is 75.3 Å². The second-order valence-corrected chi connectivity index (χ2v) is 6.01. The molecule has 0 fully saturated rings. The number of hydrogen-bond acceptors (Lipinski definition) is 6. The highest BCUT2D eigenvalue weighted by atomic mass is 16.6. The molecule has 0 unspecified atom stereocenters. The monoisotopic (exact) mass is 373 g/mol. The number of benzene rings is 2. The third-order valence-electron chi connectivity index (χ3n) is 4.34. The van der Waals surface area contributed by atoms with E-state index in [9.17, 15) is 4.79 Å². The van der Waals surface area contributed by atoms with E-state index in [1.165, 1.54) is 7.11 Å². The number of nitrogens with one attached hydrogen (secondary N) is 1. The van der Waals surface area contributed by atoms with Gasteiger partial charge in [0, 0.05) is 11.1 Å². The fourth-order valence-corrected chi connectivity index (χ4v) is 2.94. The molecule has 7 heteroatoms. The van der Waals surface area contributed by atoms with Gasteiger partial charge in [-0.3, -0.25) is 4.79 Å². The molecule has 7 nitrogen and oxygen atoms in total. The summed E-state index contributed by atoms with van der Waals surface area (Å²) in [6.07, 6.45) is 0. The van der Waals surface area contributed by atoms with Crippen LogP contribution in [0.5, 0.6) is 28.7 Å². The van der Waals surface area contributed by atoms with E-state index in [2.05, 4.69) is 5.32 Å². The first kappa shape index (κ1) is 18.7. The molecule has 0 bridgehead atoms. The zero-order chi connectivity index (χ0) is 19.4. The number of methoxy groups -OCH3 is 3. The molecule has 0 aromatic heterocycles. The Hall–Kier alpha value is -3.09. The van der Waals surface area contributed by atoms with Crippen LogP contribution in [-0.4, -0.2) is 40.5 Å². The number of rotatable bonds is 6. The van der Waals surface area contributed by atoms with E-state index in [1.54, 1.807) is 26.4 Å². The van der Waals surface area contributed by atoms with Crippen molar-refractivity contribution in [2.45, 2.75) is 13.0 Å². The SMILES string of the molecule is COc1ccc(OC)c([C@H](C)NC(=O)c2cc(OC)c3c(c2)OCCO3)c1. The Kier molecular flexibility index (Phi) is 5.59. The van der Waals surface area contributed by atoms with Gasteiger partial charge in [-0.2, -0.15) is 0 Å². The fraction of sp³-hybridized carbons (Fsp3) is 0.350. The van der Waals surface area contributed by atoms with E-state index in [-0.39, 0.29) is 11.9 Å². The largest absolute Gasteiger partial charge is 0.497 e. The lowest BCUT2D eigenvalue weighted by molar-refractivity contribution is 0.0937. The number of carbonyl (C=O) groups excluding carboxylic acids is 1. The van der Waals surface area contributed by atoms with Gasteiger partial charge in [-0.05, 0) is 37.3 Å². The molecule has 0 saturated heterocycles. The van der Waals surface area contributed by atoms with Crippen LogP contribution in [0.3, 0.4) is 0 Å². The fourth-order valence-electron chi connectivity index (χ4n) is 2.94. The molecule has 0 radical (unpaired) electrons. The first-order valence-electron chi connectivity index (χ1n) is 8.57. The average Bonchev–Trinajstić information content (AvgIpc) is 2.72. The zero-order valence-corrected chi connectivity index (χ0v) is 15.8. The first-order chi connectivity index (χ1) is 13.1. The van der Waals surface area contributed by atoms with Gasteiger partial charge in [0.05, 0.1) is 27.4 Å². The molecule has 27 heavy (non-hydrogen) atoms. The van der Waals surface area contributed by atoms with Crippen molar-refractivity contribution in [3.05, 3.63) is 41.5 Å². The minimum Gasteiger partial charge on any atom is -0.497 e. The molecule has 0 aliphatic carbocycles. The summed E-state index contributed by atoms with van der Waals surface area (Å²) in [6, 6.07) is 8.45. The Morgan fingerprint density at radius 2 is 1.74 bits per heavy atom. The first-order valence-corrected chi connectivity index (χ1v) is 8.57. The maximum atomic E-state index is 12.8. The number of carbonyl (C=O) groups is 1. The van der Waals surface area contributed by atoms with Gasteiger partial charge in [-0.15, -0.1) is 0 Å². The Morgan fingerprint density at radius 3 is 2.44 bits per heavy atom. The Bertz CT molecular complexity index is 818. The maximum absolute atomic E-state index is 12.8. The number of ether oxygens (including phenoxy) is 5. The second-order valence-electron chi connectivity index (χ2n) is 6.01. The van der Waals surface area contributed by atoms with Gasteiger partial charge >= 0.3 is 0 Å². The van der Waals surface area contributed by atoms with Gasteiger partial charge in [-0.25, -0.2) is 0 Å². The summed E-state index contributed by atoms with van der Waals surface area (Å²) < 4.78 is 27.2. The Balaban J connectivity index is 1.85. The van der Waals surface area contributed by atoms with Crippen LogP contribution in [0.15, 0.2) is 30.3 Å². The second kappa shape index (κ2) is 8.07. The quantitative estimate of drug-likeness (QED) is 0.839. The van der Waals surface area contributed by atoms with Crippen LogP contribution in [-0.2, 0) is 0 Å². The smallest absolute Gasteiger partial charge is 0.252 e. The average molecular weight is 373 g/mol. The van der Waals surface area contributed by atoms with Gasteiger partial charge in [0.1, 0.15) is 24.7 Å². The van der Waals surface area contributed by atoms with E-state index in [0.29, 0.717) is 47.5 Å². The molecule has 1 aliphatic rings. The standard InChI is InChI=1S/C20H23NO6/c1-12(15-11-14(23-2)5-6-16(15)24-3)21-20(22)13-9-17(25-4)19-18(10-13)26-7-8-27-19/h5-6,9-12H,7-8H2,1-4H3,(H,21,22)/t12-/m0/s1. The Labute approximate surface area is 158 Å². The summed E-state index contributed by atoms with van der Waals surface area (Å²) in [7, 11) is 4.71. The van der Waals surface area contributed by atoms with Crippen molar-refractivity contribution in [3.8, 4) is 28.7 Å². The minimum absolute atomic E-state index is 0.261. The predicted molar refractivity (Wildman–Crippen MR) is 99.4 cm³/mol. The van der Waals surface area contributed by atoms with Crippen LogP contribution in [0.25, 0.3) is 0 Å². The summed E-state index contributed by atoms with van der Waals surface area (Å²) in [4.78, 5) is 12.8. The summed E-state index contributed by atoms with van der Waals surface area (Å²) in [5, 5.41) is 2.97. The maximum Gasteiger partial charge on any atom is 0.252 e. The third-order valence-corrected chi connectivity index (χ3v) is 4.34. The van der Waals surface area contributed by atoms with Crippen molar-refractivity contribution in [1.29, 1.82) is 0 Å². The summed E-state index contributed by atoms with van der Waals surface area (Å²) in [5.41, 5.74) is 1.24. The molecule has 0 saturated carbocycles. The van der Waals surface area contributed by atoms with E-state index in [0.717, 1.165) is 5.56 Å². The molecular weight excluding hydrogens is 350 g/mol. The van der Waals surface area contributed by atoms with Gasteiger partial charge in [0.15, 0.2) is 11.5 Å². The molecule has 1 aliphatic heterocycles. The van der Waals surface area contributed by atoms with Crippen LogP contribution in [0.4, 0.5) is 0 Å². The van der Waals surface area contributed by atoms with E-state index in [4.69, 9.17) is 23.7 Å². The van der Waals surface area contributed by atoms with Crippen LogP contribution in [0, 0.1) is 0 Å². The summed E-state index contributed by atoms with van der Waals surface area (Å²) in [5.74, 6) is 2.57. The summed E-state index contributed by atoms with van der Waals surface area (Å²) in [6.45, 7) is 2.75. The molecule has 1 atom stereocenters. The Morgan fingerprint density at radius 1 is 1.00 bits per heavy atom. The van der Waals surface area contributed by atoms with Crippen LogP contribution < -0.4 is 29.0 Å². The normalized spacial score (nSPS) is 13.5. The number of hydrogen-bond donors (Lipinski definition) is 1. The van der Waals surface area contributed by atoms with Crippen molar-refractivity contribution >= 4 is 5.91 Å². The molecule has 2 aromatic rings. The van der Waals surface area contributed by atoms with Crippen molar-refractivity contribution in [1.82, 2.24) is 5.32 Å². The predicted octanol–water partition coefficient (Wildman–Crippen LogP) is 2.97. The number of fused-ring (bicyclic) bond motifs is 1. The van der Waals surface area contributed by atoms with Crippen LogP contribution in [0.1, 0.15) is 28.9 Å². The molecule has 2 aromatic carbocycles. The van der Waals surface area contributed by atoms with Crippen LogP contribution >= 0.6 is 0 Å². The van der Waals surface area contributed by atoms with Crippen molar-refractivity contribution in [3.63, 3.8) is 0 Å². The van der Waals surface area contributed by atoms with E-state index in [1.807, 2.05) is 25.1 Å². The molecule has 144 valence electrons. The number of amides is 1. The van der Waals surface area contributed by atoms with Crippen LogP contribution in [0.2, 0.25) is 0 Å². The highest BCUT2D eigenvalue weighted by Gasteiger charge is 2.22. The zero-order valence-electron chi connectivity index (χ0n) is 15.8. The van der Waals surface area contributed by atoms with E-state index >= 15 is 0 Å². The van der Waals surface area contributed by atoms with Crippen molar-refractivity contribution in [2.75, 3.05) is 34.5 Å². The highest BCUT2D eigenvalue weighted by molar-refractivity contribution is 5.96. The summed E-state index contributed by atoms with van der Waals surface area (Å²) >= 11 is 0. The third kappa shape index (κ3) is 3.86. The lowest BCUT2D eigenvalue weighted by Crippen LogP contribution is -2.27. The molecule has 1 amide bonds. The van der Waals surface area contributed by atoms with Gasteiger partial charge in [0.25, 0.3) is 5.91 Å². The minimum atomic E-state index is -0.304. The lowest BCUT2D eigenvalue weighted by atomic mass is 10.1. The van der Waals surface area contributed by atoms with Gasteiger partial charge < -0.3 is 29.0 Å². The molecule has 0 spiro atoms. The van der Waals surface area contributed by atoms with Gasteiger partial charge in [0.2, 0.25) is 5.75 Å². The lowest BCUT2D eigenvalue weighted by Gasteiger charge is -2.22. The molecule has 1 heterocycles. The molecule has 1 N–H and O–H groups in total. The van der Waals surface area contributed by atoms with E-state index < -0.39 is 0 Å². The van der Waals surface area contributed by atoms with Crippen molar-refractivity contribution in [2.24, 2.45) is 0 Å². The van der Waals surface area contributed by atoms with Crippen molar-refractivity contribution < 1.29 is 28.5 Å². The molecular formula is C20H23NO6. The van der Waals surface area contributed by atoms with Gasteiger partial charge in [-0.1, -0.05) is 0 Å². The highest BCUT2D eigenvalue weighted by Crippen LogP contribution is 2.40.